The largest absolute Gasteiger partial charge is 0.340 e. The lowest BCUT2D eigenvalue weighted by atomic mass is 10.1. The Labute approximate surface area is 167 Å². The SMILES string of the molecule is Cc1ccc(NC(=O)c2nc[nH]c2C(=O)Nc2nc3ccccc3n2C)c(C)c1. The highest BCUT2D eigenvalue weighted by molar-refractivity contribution is 6.13. The van der Waals surface area contributed by atoms with E-state index in [1.54, 1.807) is 4.57 Å². The highest BCUT2D eigenvalue weighted by atomic mass is 16.2. The summed E-state index contributed by atoms with van der Waals surface area (Å²) in [6, 6.07) is 13.3. The molecule has 3 N–H and O–H groups in total. The molecule has 8 nitrogen and oxygen atoms in total. The molecule has 0 radical (unpaired) electrons. The van der Waals surface area contributed by atoms with Crippen LogP contribution in [0.4, 0.5) is 11.6 Å². The highest BCUT2D eigenvalue weighted by Crippen LogP contribution is 2.20. The van der Waals surface area contributed by atoms with Crippen LogP contribution in [0.25, 0.3) is 11.0 Å². The third-order valence-electron chi connectivity index (χ3n) is 4.72. The Morgan fingerprint density at radius 1 is 1.03 bits per heavy atom. The number of hydrogen-bond acceptors (Lipinski definition) is 4. The van der Waals surface area contributed by atoms with Crippen molar-refractivity contribution in [3.63, 3.8) is 0 Å². The van der Waals surface area contributed by atoms with Gasteiger partial charge < -0.3 is 14.9 Å². The van der Waals surface area contributed by atoms with E-state index in [2.05, 4.69) is 25.6 Å². The van der Waals surface area contributed by atoms with Gasteiger partial charge in [0.1, 0.15) is 5.69 Å². The smallest absolute Gasteiger partial charge is 0.276 e. The number of benzene rings is 2. The van der Waals surface area contributed by atoms with Gasteiger partial charge in [0.25, 0.3) is 11.8 Å². The normalized spacial score (nSPS) is 10.9. The van der Waals surface area contributed by atoms with Crippen LogP contribution in [-0.4, -0.2) is 31.3 Å². The van der Waals surface area contributed by atoms with Gasteiger partial charge in [-0.05, 0) is 37.6 Å². The third-order valence-corrected chi connectivity index (χ3v) is 4.72. The molecule has 0 saturated carbocycles. The number of H-pyrrole nitrogens is 1. The van der Waals surface area contributed by atoms with E-state index in [1.165, 1.54) is 6.33 Å². The van der Waals surface area contributed by atoms with Gasteiger partial charge in [0, 0.05) is 12.7 Å². The lowest BCUT2D eigenvalue weighted by Crippen LogP contribution is -2.21. The van der Waals surface area contributed by atoms with Crippen molar-refractivity contribution in [2.75, 3.05) is 10.6 Å². The van der Waals surface area contributed by atoms with Crippen molar-refractivity contribution in [1.82, 2.24) is 19.5 Å². The number of aryl methyl sites for hydroxylation is 3. The third kappa shape index (κ3) is 3.47. The summed E-state index contributed by atoms with van der Waals surface area (Å²) >= 11 is 0. The Bertz CT molecular complexity index is 1240. The van der Waals surface area contributed by atoms with Gasteiger partial charge in [-0.15, -0.1) is 0 Å². The Morgan fingerprint density at radius 2 is 1.83 bits per heavy atom. The van der Waals surface area contributed by atoms with Gasteiger partial charge in [0.2, 0.25) is 5.95 Å². The summed E-state index contributed by atoms with van der Waals surface area (Å²) in [5, 5.41) is 5.55. The van der Waals surface area contributed by atoms with Crippen LogP contribution in [0, 0.1) is 13.8 Å². The molecule has 0 saturated heterocycles. The number of aromatic nitrogens is 4. The van der Waals surface area contributed by atoms with Crippen molar-refractivity contribution in [3.05, 3.63) is 71.3 Å². The molecule has 2 aromatic heterocycles. The van der Waals surface area contributed by atoms with Crippen LogP contribution in [0.5, 0.6) is 0 Å². The van der Waals surface area contributed by atoms with Crippen LogP contribution in [0.15, 0.2) is 48.8 Å². The topological polar surface area (TPSA) is 105 Å². The first-order valence-electron chi connectivity index (χ1n) is 9.09. The molecule has 0 bridgehead atoms. The summed E-state index contributed by atoms with van der Waals surface area (Å²) in [4.78, 5) is 36.7. The van der Waals surface area contributed by atoms with Crippen LogP contribution >= 0.6 is 0 Å². The van der Waals surface area contributed by atoms with E-state index in [9.17, 15) is 9.59 Å². The van der Waals surface area contributed by atoms with Crippen LogP contribution in [0.1, 0.15) is 32.1 Å². The van der Waals surface area contributed by atoms with Gasteiger partial charge in [0.05, 0.1) is 17.4 Å². The predicted octanol–water partition coefficient (Wildman–Crippen LogP) is 3.42. The molecule has 0 aliphatic rings. The molecule has 8 heteroatoms. The number of nitrogens with one attached hydrogen (secondary N) is 3. The average Bonchev–Trinajstić information content (AvgIpc) is 3.30. The maximum absolute atomic E-state index is 12.8. The number of carbonyl (C=O) groups is 2. The zero-order valence-corrected chi connectivity index (χ0v) is 16.3. The lowest BCUT2D eigenvalue weighted by molar-refractivity contribution is 0.0985. The molecule has 0 aliphatic carbocycles. The summed E-state index contributed by atoms with van der Waals surface area (Å²) in [6.45, 7) is 3.89. The van der Waals surface area contributed by atoms with Crippen molar-refractivity contribution >= 4 is 34.5 Å². The van der Waals surface area contributed by atoms with E-state index in [0.29, 0.717) is 11.6 Å². The number of aromatic amines is 1. The molecule has 2 aromatic carbocycles. The Balaban J connectivity index is 1.57. The molecule has 4 rings (SSSR count). The number of imidazole rings is 2. The fourth-order valence-electron chi connectivity index (χ4n) is 3.20. The lowest BCUT2D eigenvalue weighted by Gasteiger charge is -2.09. The molecule has 0 aliphatic heterocycles. The zero-order valence-electron chi connectivity index (χ0n) is 16.3. The quantitative estimate of drug-likeness (QED) is 0.498. The predicted molar refractivity (Wildman–Crippen MR) is 111 cm³/mol. The number of fused-ring (bicyclic) bond motifs is 1. The molecule has 2 heterocycles. The van der Waals surface area contributed by atoms with Crippen molar-refractivity contribution in [2.24, 2.45) is 7.05 Å². The summed E-state index contributed by atoms with van der Waals surface area (Å²) in [7, 11) is 1.81. The van der Waals surface area contributed by atoms with Gasteiger partial charge in [0.15, 0.2) is 5.69 Å². The number of rotatable bonds is 4. The summed E-state index contributed by atoms with van der Waals surface area (Å²) < 4.78 is 1.78. The Morgan fingerprint density at radius 3 is 2.59 bits per heavy atom. The van der Waals surface area contributed by atoms with Crippen molar-refractivity contribution in [2.45, 2.75) is 13.8 Å². The summed E-state index contributed by atoms with van der Waals surface area (Å²) in [5.74, 6) is -0.577. The minimum atomic E-state index is -0.494. The number of nitrogens with zero attached hydrogens (tertiary/aromatic N) is 3. The van der Waals surface area contributed by atoms with Gasteiger partial charge in [-0.2, -0.15) is 0 Å². The van der Waals surface area contributed by atoms with Crippen molar-refractivity contribution < 1.29 is 9.59 Å². The van der Waals surface area contributed by atoms with E-state index in [4.69, 9.17) is 0 Å². The summed E-state index contributed by atoms with van der Waals surface area (Å²) in [5.41, 5.74) is 4.44. The van der Waals surface area contributed by atoms with Gasteiger partial charge in [-0.1, -0.05) is 29.8 Å². The Kier molecular flexibility index (Phi) is 4.59. The number of carbonyl (C=O) groups excluding carboxylic acids is 2. The fraction of sp³-hybridized carbons (Fsp3) is 0.143. The standard InChI is InChI=1S/C21H20N6O2/c1-12-8-9-14(13(2)10-12)24-19(28)17-18(23-11-22-17)20(29)26-21-25-15-6-4-5-7-16(15)27(21)3/h4-11H,1-3H3,(H,22,23)(H,24,28)(H,25,26,29). The second kappa shape index (κ2) is 7.23. The van der Waals surface area contributed by atoms with E-state index in [0.717, 1.165) is 22.2 Å². The number of hydrogen-bond donors (Lipinski definition) is 3. The molecule has 0 spiro atoms. The van der Waals surface area contributed by atoms with Crippen molar-refractivity contribution in [3.8, 4) is 0 Å². The molecule has 0 atom stereocenters. The molecule has 29 heavy (non-hydrogen) atoms. The molecular formula is C21H20N6O2. The minimum Gasteiger partial charge on any atom is -0.340 e. The monoisotopic (exact) mass is 388 g/mol. The van der Waals surface area contributed by atoms with Gasteiger partial charge >= 0.3 is 0 Å². The maximum atomic E-state index is 12.8. The highest BCUT2D eigenvalue weighted by Gasteiger charge is 2.22. The first kappa shape index (κ1) is 18.4. The zero-order chi connectivity index (χ0) is 20.5. The van der Waals surface area contributed by atoms with Crippen LogP contribution in [0.3, 0.4) is 0 Å². The first-order chi connectivity index (χ1) is 13.9. The van der Waals surface area contributed by atoms with E-state index in [1.807, 2.05) is 63.4 Å². The van der Waals surface area contributed by atoms with E-state index >= 15 is 0 Å². The van der Waals surface area contributed by atoms with Crippen LogP contribution < -0.4 is 10.6 Å². The van der Waals surface area contributed by atoms with Gasteiger partial charge in [-0.3, -0.25) is 14.9 Å². The number of para-hydroxylation sites is 2. The second-order valence-corrected chi connectivity index (χ2v) is 6.84. The van der Waals surface area contributed by atoms with E-state index in [-0.39, 0.29) is 11.4 Å². The molecule has 2 amide bonds. The maximum Gasteiger partial charge on any atom is 0.276 e. The fourth-order valence-corrected chi connectivity index (χ4v) is 3.20. The molecular weight excluding hydrogens is 368 g/mol. The second-order valence-electron chi connectivity index (χ2n) is 6.84. The molecule has 146 valence electrons. The molecule has 0 fully saturated rings. The van der Waals surface area contributed by atoms with Crippen LogP contribution in [-0.2, 0) is 7.05 Å². The number of anilines is 2. The Hall–Kier alpha value is -3.94. The molecule has 4 aromatic rings. The minimum absolute atomic E-state index is 0.0150. The molecule has 0 unspecified atom stereocenters. The average molecular weight is 388 g/mol. The van der Waals surface area contributed by atoms with Gasteiger partial charge in [-0.25, -0.2) is 9.97 Å². The summed E-state index contributed by atoms with van der Waals surface area (Å²) in [6.07, 6.45) is 1.32. The van der Waals surface area contributed by atoms with E-state index < -0.39 is 11.8 Å². The van der Waals surface area contributed by atoms with Crippen molar-refractivity contribution in [1.29, 1.82) is 0 Å². The number of amides is 2. The first-order valence-corrected chi connectivity index (χ1v) is 9.09. The van der Waals surface area contributed by atoms with Crippen LogP contribution in [0.2, 0.25) is 0 Å².